The van der Waals surface area contributed by atoms with Gasteiger partial charge in [0.15, 0.2) is 5.92 Å². The Morgan fingerprint density at radius 3 is 1.51 bits per heavy atom. The van der Waals surface area contributed by atoms with Gasteiger partial charge in [-0.15, -0.1) is 34.0 Å². The van der Waals surface area contributed by atoms with E-state index in [4.69, 9.17) is 28.8 Å². The summed E-state index contributed by atoms with van der Waals surface area (Å²) in [6.45, 7) is 11.5. The molecule has 0 radical (unpaired) electrons. The van der Waals surface area contributed by atoms with E-state index < -0.39 is 17.9 Å². The molecule has 0 aliphatic rings. The third kappa shape index (κ3) is 19.0. The van der Waals surface area contributed by atoms with Crippen molar-refractivity contribution in [3.63, 3.8) is 0 Å². The number of thiophene rings is 3. The molecule has 0 saturated carbocycles. The molecule has 19 heteroatoms. The van der Waals surface area contributed by atoms with Gasteiger partial charge in [0, 0.05) is 31.3 Å². The lowest BCUT2D eigenvalue weighted by molar-refractivity contribution is -0.193. The zero-order valence-electron chi connectivity index (χ0n) is 43.4. The van der Waals surface area contributed by atoms with Crippen molar-refractivity contribution in [2.75, 3.05) is 14.2 Å². The molecule has 0 atom stereocenters. The van der Waals surface area contributed by atoms with Crippen LogP contribution in [0.5, 0.6) is 11.5 Å². The first-order chi connectivity index (χ1) is 36.5. The molecule has 400 valence electrons. The first-order valence-electron chi connectivity index (χ1n) is 23.7. The molecule has 5 aromatic heterocycles. The number of nitrogens with one attached hydrogen (secondary N) is 2. The molecule has 0 spiro atoms. The predicted octanol–water partition coefficient (Wildman–Crippen LogP) is 11.9. The van der Waals surface area contributed by atoms with Crippen LogP contribution in [0.2, 0.25) is 0 Å². The van der Waals surface area contributed by atoms with Gasteiger partial charge < -0.3 is 29.7 Å². The molecule has 0 unspecified atom stereocenters. The molecule has 0 aliphatic carbocycles. The third-order valence-corrected chi connectivity index (χ3v) is 13.9. The summed E-state index contributed by atoms with van der Waals surface area (Å²) in [6, 6.07) is 26.6. The van der Waals surface area contributed by atoms with Crippen LogP contribution in [-0.2, 0) is 60.7 Å². The Kier molecular flexibility index (Phi) is 28.9. The summed E-state index contributed by atoms with van der Waals surface area (Å²) in [7, 11) is 2.45. The van der Waals surface area contributed by atoms with Gasteiger partial charge in [0.2, 0.25) is 0 Å². The van der Waals surface area contributed by atoms with Crippen LogP contribution in [0.15, 0.2) is 111 Å². The smallest absolute Gasteiger partial charge is 0.373 e. The average molecular weight is 1090 g/mol. The number of H-pyrrole nitrogens is 2. The lowest BCUT2D eigenvalue weighted by atomic mass is 9.98. The van der Waals surface area contributed by atoms with Crippen molar-refractivity contribution >= 4 is 100 Å². The minimum absolute atomic E-state index is 0.0617. The van der Waals surface area contributed by atoms with Gasteiger partial charge in [0.1, 0.15) is 11.5 Å². The highest BCUT2D eigenvalue weighted by molar-refractivity contribution is 7.17. The van der Waals surface area contributed by atoms with Gasteiger partial charge in [-0.05, 0) is 149 Å². The van der Waals surface area contributed by atoms with E-state index in [2.05, 4.69) is 81.1 Å². The van der Waals surface area contributed by atoms with Crippen molar-refractivity contribution in [1.29, 1.82) is 0 Å². The molecular weight excluding hydrogens is 1030 g/mol. The lowest BCUT2D eigenvalue weighted by Crippen LogP contribution is -2.23. The summed E-state index contributed by atoms with van der Waals surface area (Å²) in [5.41, 5.74) is 7.64. The summed E-state index contributed by atoms with van der Waals surface area (Å²) in [4.78, 5) is 99.1. The van der Waals surface area contributed by atoms with Crippen LogP contribution in [-0.4, -0.2) is 64.8 Å². The summed E-state index contributed by atoms with van der Waals surface area (Å²) in [6.07, 6.45) is 10.7. The highest BCUT2D eigenvalue weighted by Gasteiger charge is 2.22. The summed E-state index contributed by atoms with van der Waals surface area (Å²) < 4.78 is 12.4. The number of rotatable bonds is 12. The number of hydrogen-bond donors (Lipinski definition) is 4. The largest absolute Gasteiger partial charge is 0.507 e. The van der Waals surface area contributed by atoms with E-state index in [1.54, 1.807) is 29.6 Å². The molecule has 0 saturated heterocycles. The number of benzene rings is 3. The molecule has 5 heterocycles. The van der Waals surface area contributed by atoms with Gasteiger partial charge in [-0.2, -0.15) is 28.8 Å². The molecule has 76 heavy (non-hydrogen) atoms. The number of carbonyl (C=O) groups is 2. The van der Waals surface area contributed by atoms with E-state index >= 15 is 0 Å². The first-order valence-corrected chi connectivity index (χ1v) is 26.3. The number of fused-ring (bicyclic) bond motifs is 3. The number of unbranched alkanes of at least 4 members (excludes halogenated alkanes) is 2. The minimum Gasteiger partial charge on any atom is -0.507 e. The average Bonchev–Trinajstić information content (AvgIpc) is 4.22. The maximum Gasteiger partial charge on any atom is 0.373 e. The fraction of sp³-hybridized carbons (Fsp3) is 0.281. The summed E-state index contributed by atoms with van der Waals surface area (Å²) >= 11 is 5.20. The van der Waals surface area contributed by atoms with Gasteiger partial charge in [-0.25, -0.2) is 0 Å². The van der Waals surface area contributed by atoms with E-state index in [-0.39, 0.29) is 41.1 Å². The van der Waals surface area contributed by atoms with Gasteiger partial charge in [0.25, 0.3) is 11.1 Å². The van der Waals surface area contributed by atoms with E-state index in [0.29, 0.717) is 29.8 Å². The van der Waals surface area contributed by atoms with Crippen molar-refractivity contribution in [3.05, 3.63) is 144 Å². The SMILES string of the molecule is CCCC/C=C(/CCC)c1ccc2sccc2c1.CCc1c(-c2ccc3sccc3c2)[nH]c(=O)c(C)c1O.CCc1c(O)cc(=O)[nH]c1-c1ccc2sccc2c1.COC(=O)C(C)C(=O)OC.O=C=O.O=C=O.O=C=O. The van der Waals surface area contributed by atoms with Crippen molar-refractivity contribution < 1.29 is 58.0 Å². The predicted molar refractivity (Wildman–Crippen MR) is 295 cm³/mol. The van der Waals surface area contributed by atoms with Gasteiger partial charge >= 0.3 is 30.4 Å². The second-order valence-corrected chi connectivity index (χ2v) is 18.9. The monoisotopic (exact) mass is 1090 g/mol. The number of esters is 2. The van der Waals surface area contributed by atoms with Crippen LogP contribution in [0, 0.1) is 12.8 Å². The molecular formula is C57H60N2O14S3. The van der Waals surface area contributed by atoms with Crippen LogP contribution in [0.25, 0.3) is 58.3 Å². The topological polar surface area (TPSA) is 261 Å². The molecule has 8 rings (SSSR count). The second kappa shape index (κ2) is 34.4. The number of allylic oxidation sites excluding steroid dienone is 2. The van der Waals surface area contributed by atoms with Gasteiger partial charge in [-0.3, -0.25) is 19.2 Å². The summed E-state index contributed by atoms with van der Waals surface area (Å²) in [5.74, 6) is -1.81. The van der Waals surface area contributed by atoms with Crippen LogP contribution in [0.3, 0.4) is 0 Å². The number of carbonyl (C=O) groups excluding carboxylic acids is 8. The zero-order chi connectivity index (χ0) is 56.7. The van der Waals surface area contributed by atoms with Crippen LogP contribution >= 0.6 is 34.0 Å². The first kappa shape index (κ1) is 64.0. The standard InChI is InChI=1S/C17H22S.C16H15NO2S.C15H13NO2S.C6H10O4.3CO2/c1-3-5-6-8-14(7-4-2)15-9-10-17-16(13-15)11-12-18-17;1-3-12-14(17-16(19)9(2)15(12)18)11-4-5-13-10(8-11)6-7-20-13;1-2-11-12(17)8-14(18)16-15(11)10-3-4-13-9(7-10)5-6-19-13;1-4(5(7)9-2)6(8)10-3;3*2-1-3/h8-13H,3-7H2,1-2H3;4-8H,3H2,1-2H3,(H2,17,18,19);3-8H,2H2,1H3,(H2,16,17,18);4H,1-3H3;;;/b14-8-;;;;;;. The molecule has 0 bridgehead atoms. The fourth-order valence-corrected chi connectivity index (χ4v) is 9.79. The van der Waals surface area contributed by atoms with E-state index in [1.165, 1.54) is 89.9 Å². The van der Waals surface area contributed by atoms with Gasteiger partial charge in [0.05, 0.1) is 31.2 Å². The van der Waals surface area contributed by atoms with Crippen molar-refractivity contribution in [2.45, 2.75) is 86.5 Å². The number of aromatic nitrogens is 2. The van der Waals surface area contributed by atoms with Crippen LogP contribution in [0.4, 0.5) is 0 Å². The lowest BCUT2D eigenvalue weighted by Gasteiger charge is -2.12. The summed E-state index contributed by atoms with van der Waals surface area (Å²) in [5, 5.41) is 30.0. The van der Waals surface area contributed by atoms with Gasteiger partial charge in [-0.1, -0.05) is 71.2 Å². The Labute approximate surface area is 450 Å². The molecule has 3 aromatic carbocycles. The Balaban J connectivity index is 0.000000336. The van der Waals surface area contributed by atoms with Crippen molar-refractivity contribution in [2.24, 2.45) is 5.92 Å². The Hall–Kier alpha value is -8.14. The number of methoxy groups -OCH3 is 2. The Bertz CT molecular complexity index is 3350. The Morgan fingerprint density at radius 2 is 1.08 bits per heavy atom. The van der Waals surface area contributed by atoms with E-state index in [1.807, 2.05) is 72.3 Å². The highest BCUT2D eigenvalue weighted by atomic mass is 32.1. The number of aromatic amines is 2. The molecule has 0 amide bonds. The second-order valence-electron chi connectivity index (χ2n) is 16.0. The maximum absolute atomic E-state index is 11.9. The fourth-order valence-electron chi connectivity index (χ4n) is 7.48. The van der Waals surface area contributed by atoms with E-state index in [9.17, 15) is 29.4 Å². The minimum atomic E-state index is -0.824. The third-order valence-electron chi connectivity index (χ3n) is 11.2. The molecule has 4 N–H and O–H groups in total. The molecule has 0 fully saturated rings. The number of ether oxygens (including phenoxy) is 2. The molecule has 16 nitrogen and oxygen atoms in total. The van der Waals surface area contributed by atoms with E-state index in [0.717, 1.165) is 33.0 Å². The highest BCUT2D eigenvalue weighted by Crippen LogP contribution is 2.34. The molecule has 0 aliphatic heterocycles. The normalized spacial score (nSPS) is 10.1. The van der Waals surface area contributed by atoms with Crippen LogP contribution < -0.4 is 11.1 Å². The van der Waals surface area contributed by atoms with Crippen molar-refractivity contribution in [3.8, 4) is 34.0 Å². The van der Waals surface area contributed by atoms with Crippen LogP contribution in [0.1, 0.15) is 89.0 Å². The number of pyridine rings is 2. The quantitative estimate of drug-likeness (QED) is 0.0504. The maximum atomic E-state index is 11.9. The Morgan fingerprint density at radius 1 is 0.632 bits per heavy atom. The number of hydrogen-bond acceptors (Lipinski definition) is 17. The van der Waals surface area contributed by atoms with Crippen molar-refractivity contribution in [1.82, 2.24) is 9.97 Å². The molecule has 8 aromatic rings. The zero-order valence-corrected chi connectivity index (χ0v) is 45.8. The number of aromatic hydroxyl groups is 2.